The predicted octanol–water partition coefficient (Wildman–Crippen LogP) is 6.21. The van der Waals surface area contributed by atoms with E-state index in [-0.39, 0.29) is 13.2 Å². The molecule has 1 saturated carbocycles. The van der Waals surface area contributed by atoms with E-state index in [0.717, 1.165) is 25.7 Å². The fraction of sp³-hybridized carbons (Fsp3) is 0.667. The minimum absolute atomic E-state index is 0.229. The van der Waals surface area contributed by atoms with Gasteiger partial charge in [0.1, 0.15) is 0 Å². The fourth-order valence-corrected chi connectivity index (χ4v) is 4.94. The van der Waals surface area contributed by atoms with Gasteiger partial charge in [0.05, 0.1) is 37.4 Å². The number of esters is 1. The molecule has 42 heavy (non-hydrogen) atoms. The zero-order chi connectivity index (χ0) is 31.1. The monoisotopic (exact) mass is 603 g/mol. The molecule has 0 radical (unpaired) electrons. The summed E-state index contributed by atoms with van der Waals surface area (Å²) < 4.78 is 88.5. The van der Waals surface area contributed by atoms with E-state index in [1.807, 2.05) is 13.8 Å². The Hall–Kier alpha value is -2.91. The first-order chi connectivity index (χ1) is 19.7. The summed E-state index contributed by atoms with van der Waals surface area (Å²) in [5.74, 6) is -6.14. The maximum atomic E-state index is 13.7. The zero-order valence-corrected chi connectivity index (χ0v) is 24.3. The van der Waals surface area contributed by atoms with Crippen molar-refractivity contribution in [1.29, 1.82) is 0 Å². The van der Waals surface area contributed by atoms with E-state index < -0.39 is 64.5 Å². The number of alkyl carbamates (subject to hydrolysis) is 1. The van der Waals surface area contributed by atoms with E-state index in [1.54, 1.807) is 13.8 Å². The maximum Gasteiger partial charge on any atom is 0.407 e. The van der Waals surface area contributed by atoms with Gasteiger partial charge in [-0.25, -0.2) is 18.0 Å². The lowest BCUT2D eigenvalue weighted by atomic mass is 10.0. The molecule has 1 aromatic rings. The van der Waals surface area contributed by atoms with Gasteiger partial charge in [-0.3, -0.25) is 4.79 Å². The maximum absolute atomic E-state index is 13.7. The average Bonchev–Trinajstić information content (AvgIpc) is 3.55. The Kier molecular flexibility index (Phi) is 11.6. The van der Waals surface area contributed by atoms with Crippen LogP contribution in [0.25, 0.3) is 0 Å². The number of fused-ring (bicyclic) bond motifs is 1. The molecule has 1 aromatic carbocycles. The third kappa shape index (κ3) is 9.56. The molecule has 2 aliphatic rings. The minimum atomic E-state index is -2.35. The van der Waals surface area contributed by atoms with Gasteiger partial charge in [0.15, 0.2) is 0 Å². The molecule has 1 unspecified atom stereocenters. The Labute approximate surface area is 242 Å². The van der Waals surface area contributed by atoms with Crippen LogP contribution in [0.4, 0.5) is 26.7 Å². The van der Waals surface area contributed by atoms with Crippen molar-refractivity contribution in [3.8, 4) is 17.6 Å². The second kappa shape index (κ2) is 14.5. The van der Waals surface area contributed by atoms with Crippen LogP contribution in [0, 0.1) is 58.7 Å². The van der Waals surface area contributed by atoms with Crippen LogP contribution in [0.5, 0.6) is 5.75 Å². The van der Waals surface area contributed by atoms with Gasteiger partial charge in [-0.2, -0.15) is 8.78 Å². The molecule has 0 bridgehead atoms. The van der Waals surface area contributed by atoms with Gasteiger partial charge in [0.2, 0.25) is 34.8 Å². The number of carbonyl (C=O) groups is 2. The van der Waals surface area contributed by atoms with E-state index >= 15 is 0 Å². The predicted molar refractivity (Wildman–Crippen MR) is 142 cm³/mol. The molecule has 3 atom stereocenters. The highest BCUT2D eigenvalue weighted by Gasteiger charge is 2.49. The fourth-order valence-electron chi connectivity index (χ4n) is 4.94. The first-order valence-electron chi connectivity index (χ1n) is 14.1. The molecule has 3 rings (SSSR count). The largest absolute Gasteiger partial charge is 0.449 e. The van der Waals surface area contributed by atoms with Gasteiger partial charge in [0, 0.05) is 19.4 Å². The number of nitrogens with one attached hydrogen (secondary N) is 1. The second-order valence-corrected chi connectivity index (χ2v) is 11.8. The average molecular weight is 604 g/mol. The quantitative estimate of drug-likeness (QED) is 0.0680. The second-order valence-electron chi connectivity index (χ2n) is 11.8. The molecule has 7 nitrogen and oxygen atoms in total. The van der Waals surface area contributed by atoms with Crippen LogP contribution >= 0.6 is 0 Å². The van der Waals surface area contributed by atoms with Crippen LogP contribution in [-0.2, 0) is 19.0 Å². The molecule has 0 spiro atoms. The molecular weight excluding hydrogens is 565 g/mol. The van der Waals surface area contributed by atoms with E-state index in [2.05, 4.69) is 21.9 Å². The van der Waals surface area contributed by atoms with Crippen molar-refractivity contribution >= 4 is 12.1 Å². The summed E-state index contributed by atoms with van der Waals surface area (Å²) in [7, 11) is 0. The van der Waals surface area contributed by atoms with Crippen LogP contribution in [0.15, 0.2) is 0 Å². The van der Waals surface area contributed by atoms with Crippen LogP contribution in [0.1, 0.15) is 72.6 Å². The Balaban J connectivity index is 1.29. The number of amides is 1. The molecule has 1 amide bonds. The lowest BCUT2D eigenvalue weighted by Crippen LogP contribution is -2.35. The van der Waals surface area contributed by atoms with Crippen molar-refractivity contribution in [1.82, 2.24) is 5.32 Å². The van der Waals surface area contributed by atoms with E-state index in [9.17, 15) is 31.5 Å². The Morgan fingerprint density at radius 2 is 1.33 bits per heavy atom. The lowest BCUT2D eigenvalue weighted by molar-refractivity contribution is -0.138. The van der Waals surface area contributed by atoms with E-state index in [1.165, 1.54) is 0 Å². The third-order valence-electron chi connectivity index (χ3n) is 7.62. The molecule has 2 aliphatic carbocycles. The molecule has 0 aliphatic heterocycles. The van der Waals surface area contributed by atoms with Crippen molar-refractivity contribution in [2.45, 2.75) is 83.8 Å². The third-order valence-corrected chi connectivity index (χ3v) is 7.62. The van der Waals surface area contributed by atoms with Gasteiger partial charge < -0.3 is 24.3 Å². The number of halogens is 5. The zero-order valence-electron chi connectivity index (χ0n) is 24.3. The Bertz CT molecular complexity index is 1150. The first kappa shape index (κ1) is 33.6. The number of hydrogen-bond acceptors (Lipinski definition) is 6. The molecule has 0 aromatic heterocycles. The SMILES string of the molecule is CC(C)(CCNC(=O)OCC1[C@H]2CCC#CCC[C@@H]12)OCCC(C)(C)OCCC(=O)Oc1c(F)c(F)c(F)c(F)c1F. The number of carbonyl (C=O) groups excluding carboxylic acids is 2. The van der Waals surface area contributed by atoms with E-state index in [0.29, 0.717) is 43.7 Å². The van der Waals surface area contributed by atoms with Crippen molar-refractivity contribution in [3.63, 3.8) is 0 Å². The summed E-state index contributed by atoms with van der Waals surface area (Å²) in [5, 5.41) is 2.76. The lowest BCUT2D eigenvalue weighted by Gasteiger charge is -2.29. The number of hydrogen-bond donors (Lipinski definition) is 1. The molecule has 0 saturated heterocycles. The van der Waals surface area contributed by atoms with Gasteiger partial charge >= 0.3 is 12.1 Å². The Morgan fingerprint density at radius 3 is 1.93 bits per heavy atom. The Morgan fingerprint density at radius 1 is 0.810 bits per heavy atom. The van der Waals surface area contributed by atoms with Crippen LogP contribution in [0.3, 0.4) is 0 Å². The van der Waals surface area contributed by atoms with Gasteiger partial charge in [-0.15, -0.1) is 11.8 Å². The number of benzene rings is 1. The highest BCUT2D eigenvalue weighted by atomic mass is 19.2. The molecular formula is C30H38F5NO6. The summed E-state index contributed by atoms with van der Waals surface area (Å²) in [6.45, 7) is 8.08. The summed E-state index contributed by atoms with van der Waals surface area (Å²) in [6, 6.07) is 0. The van der Waals surface area contributed by atoms with Crippen LogP contribution in [0.2, 0.25) is 0 Å². The van der Waals surface area contributed by atoms with Gasteiger partial charge in [-0.05, 0) is 71.1 Å². The molecule has 234 valence electrons. The van der Waals surface area contributed by atoms with Crippen LogP contribution < -0.4 is 10.1 Å². The van der Waals surface area contributed by atoms with Gasteiger partial charge in [-0.1, -0.05) is 0 Å². The highest BCUT2D eigenvalue weighted by molar-refractivity contribution is 5.72. The minimum Gasteiger partial charge on any atom is -0.449 e. The molecule has 0 heterocycles. The number of ether oxygens (including phenoxy) is 4. The standard InChI is InChI=1S/C30H38F5NO6/c1-29(2,12-14-36-28(38)39-17-20-18-9-7-5-6-8-10-19(18)20)41-16-13-30(3,4)40-15-11-21(37)42-27-25(34)23(32)22(31)24(33)26(27)35/h18-20H,7-17H2,1-4H3,(H,36,38)/t18-,19+,20?. The normalized spacial score (nSPS) is 20.0. The topological polar surface area (TPSA) is 83.1 Å². The van der Waals surface area contributed by atoms with Crippen molar-refractivity contribution in [2.24, 2.45) is 17.8 Å². The molecule has 12 heteroatoms. The van der Waals surface area contributed by atoms with Gasteiger partial charge in [0.25, 0.3) is 0 Å². The first-order valence-corrected chi connectivity index (χ1v) is 14.1. The highest BCUT2D eigenvalue weighted by Crippen LogP contribution is 2.52. The summed E-state index contributed by atoms with van der Waals surface area (Å²) in [6.07, 6.45) is 3.95. The summed E-state index contributed by atoms with van der Waals surface area (Å²) >= 11 is 0. The van der Waals surface area contributed by atoms with Crippen molar-refractivity contribution < 1.29 is 50.5 Å². The molecule has 1 N–H and O–H groups in total. The summed E-state index contributed by atoms with van der Waals surface area (Å²) in [4.78, 5) is 24.1. The molecule has 1 fully saturated rings. The van der Waals surface area contributed by atoms with Crippen LogP contribution in [-0.4, -0.2) is 49.6 Å². The van der Waals surface area contributed by atoms with Crippen molar-refractivity contribution in [3.05, 3.63) is 29.1 Å². The number of rotatable bonds is 14. The summed E-state index contributed by atoms with van der Waals surface area (Å²) in [5.41, 5.74) is -1.34. The van der Waals surface area contributed by atoms with E-state index in [4.69, 9.17) is 14.2 Å². The van der Waals surface area contributed by atoms with Crippen molar-refractivity contribution in [2.75, 3.05) is 26.4 Å². The smallest absolute Gasteiger partial charge is 0.407 e.